The molecule has 1 aliphatic heterocycles. The van der Waals surface area contributed by atoms with Crippen molar-refractivity contribution in [1.29, 1.82) is 0 Å². The molecule has 0 spiro atoms. The average molecular weight is 472 g/mol. The van der Waals surface area contributed by atoms with Crippen LogP contribution in [0.3, 0.4) is 0 Å². The Balaban J connectivity index is 1.67. The first kappa shape index (κ1) is 19.7. The number of nitrogens with zero attached hydrogens (tertiary/aromatic N) is 1. The lowest BCUT2D eigenvalue weighted by atomic mass is 9.87. The van der Waals surface area contributed by atoms with Crippen LogP contribution in [0.4, 0.5) is 5.82 Å². The van der Waals surface area contributed by atoms with Gasteiger partial charge in [-0.05, 0) is 39.2 Å². The third-order valence-corrected chi connectivity index (χ3v) is 6.29. The third kappa shape index (κ3) is 4.23. The number of benzene rings is 2. The Morgan fingerprint density at radius 1 is 1.21 bits per heavy atom. The fourth-order valence-corrected chi connectivity index (χ4v) is 4.70. The monoisotopic (exact) mass is 471 g/mol. The van der Waals surface area contributed by atoms with Gasteiger partial charge in [0.25, 0.3) is 5.56 Å². The maximum Gasteiger partial charge on any atom is 0.257 e. The van der Waals surface area contributed by atoms with Crippen LogP contribution in [0.2, 0.25) is 0 Å². The first-order valence-corrected chi connectivity index (χ1v) is 10.8. The Hall–Kier alpha value is -2.58. The highest BCUT2D eigenvalue weighted by molar-refractivity contribution is 9.10. The molecule has 1 aromatic heterocycles. The van der Waals surface area contributed by atoms with E-state index in [1.165, 1.54) is 11.8 Å². The van der Waals surface area contributed by atoms with E-state index in [0.29, 0.717) is 28.0 Å². The van der Waals surface area contributed by atoms with E-state index < -0.39 is 0 Å². The first-order chi connectivity index (χ1) is 14.0. The van der Waals surface area contributed by atoms with Gasteiger partial charge in [-0.2, -0.15) is 0 Å². The number of hydrogen-bond donors (Lipinski definition) is 2. The molecule has 4 rings (SSSR count). The van der Waals surface area contributed by atoms with E-state index >= 15 is 0 Å². The zero-order valence-corrected chi connectivity index (χ0v) is 18.0. The van der Waals surface area contributed by atoms with Gasteiger partial charge in [0.2, 0.25) is 5.91 Å². The van der Waals surface area contributed by atoms with Gasteiger partial charge >= 0.3 is 0 Å². The highest BCUT2D eigenvalue weighted by Gasteiger charge is 2.31. The number of hydrogen-bond acceptors (Lipinski definition) is 5. The number of nitrogens with one attached hydrogen (secondary N) is 2. The van der Waals surface area contributed by atoms with Gasteiger partial charge in [-0.25, -0.2) is 4.98 Å². The summed E-state index contributed by atoms with van der Waals surface area (Å²) in [6, 6.07) is 15.5. The van der Waals surface area contributed by atoms with Gasteiger partial charge < -0.3 is 15.0 Å². The molecule has 0 bridgehead atoms. The molecule has 0 saturated carbocycles. The van der Waals surface area contributed by atoms with Gasteiger partial charge in [0.05, 0.1) is 17.1 Å². The van der Waals surface area contributed by atoms with Gasteiger partial charge in [-0.15, -0.1) is 0 Å². The molecule has 29 heavy (non-hydrogen) atoms. The molecule has 1 aliphatic rings. The van der Waals surface area contributed by atoms with Crippen molar-refractivity contribution in [3.05, 3.63) is 80.0 Å². The lowest BCUT2D eigenvalue weighted by Crippen LogP contribution is -2.31. The normalized spacial score (nSPS) is 15.5. The number of anilines is 1. The molecule has 148 valence electrons. The summed E-state index contributed by atoms with van der Waals surface area (Å²) in [7, 11) is 1.59. The van der Waals surface area contributed by atoms with Crippen molar-refractivity contribution in [1.82, 2.24) is 9.97 Å². The predicted octanol–water partition coefficient (Wildman–Crippen LogP) is 4.31. The maximum atomic E-state index is 12.9. The van der Waals surface area contributed by atoms with Crippen molar-refractivity contribution < 1.29 is 9.53 Å². The number of thioether (sulfide) groups is 1. The average Bonchev–Trinajstić information content (AvgIpc) is 2.72. The van der Waals surface area contributed by atoms with Crippen molar-refractivity contribution in [2.45, 2.75) is 23.2 Å². The fourth-order valence-electron chi connectivity index (χ4n) is 3.33. The van der Waals surface area contributed by atoms with Gasteiger partial charge in [0.15, 0.2) is 5.16 Å². The fraction of sp³-hybridized carbons (Fsp3) is 0.190. The minimum absolute atomic E-state index is 0.161. The molecule has 0 radical (unpaired) electrons. The van der Waals surface area contributed by atoms with E-state index in [1.54, 1.807) is 7.11 Å². The minimum atomic E-state index is -0.370. The molecule has 0 aliphatic carbocycles. The standard InChI is InChI=1S/C21H18BrN3O3S/c1-28-16-8-7-13(9-15(16)22)14-10-17(26)23-19-18(14)20(27)25-21(24-19)29-11-12-5-3-2-4-6-12/h2-9,14H,10-11H2,1H3,(H2,23,24,25,26,27)/t14-/m1/s1. The molecule has 0 fully saturated rings. The Morgan fingerprint density at radius 3 is 2.72 bits per heavy atom. The second-order valence-electron chi connectivity index (χ2n) is 6.61. The summed E-state index contributed by atoms with van der Waals surface area (Å²) < 4.78 is 6.04. The van der Waals surface area contributed by atoms with Crippen molar-refractivity contribution in [3.8, 4) is 5.75 Å². The maximum absolute atomic E-state index is 12.9. The molecule has 3 aromatic rings. The van der Waals surface area contributed by atoms with E-state index in [0.717, 1.165) is 15.6 Å². The number of carbonyl (C=O) groups is 1. The zero-order chi connectivity index (χ0) is 20.4. The summed E-state index contributed by atoms with van der Waals surface area (Å²) in [5.74, 6) is 1.16. The molecular formula is C21H18BrN3O3S. The summed E-state index contributed by atoms with van der Waals surface area (Å²) in [5, 5.41) is 3.24. The summed E-state index contributed by atoms with van der Waals surface area (Å²) in [6.45, 7) is 0. The van der Waals surface area contributed by atoms with Crippen LogP contribution in [0, 0.1) is 0 Å². The van der Waals surface area contributed by atoms with E-state index in [-0.39, 0.29) is 23.8 Å². The lowest BCUT2D eigenvalue weighted by Gasteiger charge is -2.25. The van der Waals surface area contributed by atoms with Gasteiger partial charge in [-0.1, -0.05) is 48.2 Å². The Bertz CT molecular complexity index is 1120. The molecule has 6 nitrogen and oxygen atoms in total. The number of halogens is 1. The van der Waals surface area contributed by atoms with Crippen LogP contribution in [0.25, 0.3) is 0 Å². The molecule has 2 heterocycles. The smallest absolute Gasteiger partial charge is 0.257 e. The van der Waals surface area contributed by atoms with Crippen molar-refractivity contribution in [3.63, 3.8) is 0 Å². The van der Waals surface area contributed by atoms with Crippen LogP contribution in [-0.4, -0.2) is 23.0 Å². The third-order valence-electron chi connectivity index (χ3n) is 4.73. The molecule has 0 saturated heterocycles. The topological polar surface area (TPSA) is 84.1 Å². The predicted molar refractivity (Wildman–Crippen MR) is 117 cm³/mol. The molecule has 2 N–H and O–H groups in total. The number of ether oxygens (including phenoxy) is 1. The summed E-state index contributed by atoms with van der Waals surface area (Å²) >= 11 is 4.90. The Morgan fingerprint density at radius 2 is 2.00 bits per heavy atom. The number of aromatic nitrogens is 2. The van der Waals surface area contributed by atoms with Crippen LogP contribution < -0.4 is 15.6 Å². The molecule has 1 amide bonds. The van der Waals surface area contributed by atoms with E-state index in [2.05, 4.69) is 31.2 Å². The Labute approximate surface area is 180 Å². The van der Waals surface area contributed by atoms with Crippen molar-refractivity contribution >= 4 is 39.4 Å². The molecule has 8 heteroatoms. The number of H-pyrrole nitrogens is 1. The number of rotatable bonds is 5. The highest BCUT2D eigenvalue weighted by atomic mass is 79.9. The van der Waals surface area contributed by atoms with Gasteiger partial charge in [-0.3, -0.25) is 9.59 Å². The number of methoxy groups -OCH3 is 1. The van der Waals surface area contributed by atoms with E-state index in [1.807, 2.05) is 48.5 Å². The lowest BCUT2D eigenvalue weighted by molar-refractivity contribution is -0.116. The first-order valence-electron chi connectivity index (χ1n) is 8.99. The van der Waals surface area contributed by atoms with E-state index in [9.17, 15) is 9.59 Å². The van der Waals surface area contributed by atoms with Crippen LogP contribution >= 0.6 is 27.7 Å². The second-order valence-corrected chi connectivity index (χ2v) is 8.42. The summed E-state index contributed by atoms with van der Waals surface area (Å²) in [6.07, 6.45) is 0.188. The van der Waals surface area contributed by atoms with Crippen LogP contribution in [0.1, 0.15) is 29.0 Å². The van der Waals surface area contributed by atoms with Gasteiger partial charge in [0, 0.05) is 18.1 Å². The molecular weight excluding hydrogens is 454 g/mol. The molecule has 1 atom stereocenters. The summed E-state index contributed by atoms with van der Waals surface area (Å²) in [4.78, 5) is 32.6. The molecule has 2 aromatic carbocycles. The quantitative estimate of drug-likeness (QED) is 0.427. The van der Waals surface area contributed by atoms with Crippen LogP contribution in [-0.2, 0) is 10.5 Å². The number of carbonyl (C=O) groups excluding carboxylic acids is 1. The summed E-state index contributed by atoms with van der Waals surface area (Å²) in [5.41, 5.74) is 2.22. The second kappa shape index (κ2) is 8.42. The van der Waals surface area contributed by atoms with Crippen LogP contribution in [0.15, 0.2) is 63.0 Å². The number of fused-ring (bicyclic) bond motifs is 1. The number of amides is 1. The van der Waals surface area contributed by atoms with Crippen LogP contribution in [0.5, 0.6) is 5.75 Å². The highest BCUT2D eigenvalue weighted by Crippen LogP contribution is 2.37. The van der Waals surface area contributed by atoms with Gasteiger partial charge in [0.1, 0.15) is 11.6 Å². The number of aromatic amines is 1. The zero-order valence-electron chi connectivity index (χ0n) is 15.6. The van der Waals surface area contributed by atoms with Crippen molar-refractivity contribution in [2.75, 3.05) is 12.4 Å². The largest absolute Gasteiger partial charge is 0.496 e. The Kier molecular flexibility index (Phi) is 5.73. The minimum Gasteiger partial charge on any atom is -0.496 e. The van der Waals surface area contributed by atoms with E-state index in [4.69, 9.17) is 4.74 Å². The van der Waals surface area contributed by atoms with Crippen molar-refractivity contribution in [2.24, 2.45) is 0 Å². The molecule has 0 unspecified atom stereocenters. The SMILES string of the molecule is COc1ccc([C@H]2CC(=O)Nc3nc(SCc4ccccc4)[nH]c(=O)c32)cc1Br.